The third-order valence-electron chi connectivity index (χ3n) is 4.57. The first kappa shape index (κ1) is 21.1. The van der Waals surface area contributed by atoms with Gasteiger partial charge in [0.25, 0.3) is 0 Å². The van der Waals surface area contributed by atoms with Crippen LogP contribution in [0.25, 0.3) is 16.7 Å². The molecule has 0 saturated heterocycles. The summed E-state index contributed by atoms with van der Waals surface area (Å²) in [7, 11) is 1.60. The standard InChI is InChI=1S/C21H19BrN6O2S/c1-12-18-19(23)28(15-7-9-16(30-2)10-8-15)21(25-20(18)27-26-12)31-11-17(29)24-14-5-3-13(22)4-6-14/h3-10,23H,11H2,1-2H3,(H,24,29)(H,26,27). The Balaban J connectivity index is 1.66. The van der Waals surface area contributed by atoms with E-state index in [9.17, 15) is 4.79 Å². The summed E-state index contributed by atoms with van der Waals surface area (Å²) in [5.41, 5.74) is 2.92. The Morgan fingerprint density at radius 1 is 1.23 bits per heavy atom. The van der Waals surface area contributed by atoms with Crippen molar-refractivity contribution in [1.29, 1.82) is 5.41 Å². The van der Waals surface area contributed by atoms with E-state index in [4.69, 9.17) is 10.1 Å². The van der Waals surface area contributed by atoms with E-state index in [2.05, 4.69) is 36.4 Å². The second-order valence-corrected chi connectivity index (χ2v) is 8.53. The van der Waals surface area contributed by atoms with E-state index in [0.717, 1.165) is 15.9 Å². The van der Waals surface area contributed by atoms with Crippen LogP contribution < -0.4 is 15.5 Å². The number of carbonyl (C=O) groups excluding carboxylic acids is 1. The Hall–Kier alpha value is -3.11. The number of nitrogens with one attached hydrogen (secondary N) is 3. The lowest BCUT2D eigenvalue weighted by molar-refractivity contribution is -0.113. The van der Waals surface area contributed by atoms with Gasteiger partial charge in [0.05, 0.1) is 18.2 Å². The molecule has 31 heavy (non-hydrogen) atoms. The van der Waals surface area contributed by atoms with Crippen molar-refractivity contribution in [3.8, 4) is 11.4 Å². The Labute approximate surface area is 190 Å². The van der Waals surface area contributed by atoms with Crippen molar-refractivity contribution in [3.63, 3.8) is 0 Å². The Kier molecular flexibility index (Phi) is 6.10. The van der Waals surface area contributed by atoms with Crippen molar-refractivity contribution < 1.29 is 9.53 Å². The zero-order valence-corrected chi connectivity index (χ0v) is 19.2. The minimum atomic E-state index is -0.166. The van der Waals surface area contributed by atoms with Gasteiger partial charge in [-0.05, 0) is 55.5 Å². The number of aromatic nitrogens is 4. The lowest BCUT2D eigenvalue weighted by Crippen LogP contribution is -2.23. The SMILES string of the molecule is COc1ccc(-n2c(SCC(=O)Nc3ccc(Br)cc3)nc3n[nH]c(C)c3c2=N)cc1. The molecule has 0 unspecified atom stereocenters. The maximum absolute atomic E-state index is 12.5. The maximum atomic E-state index is 12.5. The summed E-state index contributed by atoms with van der Waals surface area (Å²) >= 11 is 4.62. The molecule has 0 saturated carbocycles. The molecule has 0 aliphatic heterocycles. The van der Waals surface area contributed by atoms with Gasteiger partial charge in [-0.2, -0.15) is 5.10 Å². The molecular formula is C21H19BrN6O2S. The van der Waals surface area contributed by atoms with Crippen LogP contribution in [0.2, 0.25) is 0 Å². The van der Waals surface area contributed by atoms with Crippen molar-refractivity contribution in [2.24, 2.45) is 0 Å². The van der Waals surface area contributed by atoms with Crippen LogP contribution in [0, 0.1) is 12.3 Å². The highest BCUT2D eigenvalue weighted by atomic mass is 79.9. The molecule has 2 aromatic heterocycles. The quantitative estimate of drug-likeness (QED) is 0.274. The fraction of sp³-hybridized carbons (Fsp3) is 0.143. The third kappa shape index (κ3) is 4.49. The fourth-order valence-corrected chi connectivity index (χ4v) is 4.13. The van der Waals surface area contributed by atoms with Crippen molar-refractivity contribution in [1.82, 2.24) is 19.7 Å². The number of aromatic amines is 1. The normalized spacial score (nSPS) is 10.9. The second kappa shape index (κ2) is 8.94. The number of carbonyl (C=O) groups is 1. The van der Waals surface area contributed by atoms with Gasteiger partial charge < -0.3 is 10.1 Å². The van der Waals surface area contributed by atoms with Crippen LogP contribution in [-0.2, 0) is 4.79 Å². The van der Waals surface area contributed by atoms with Crippen molar-refractivity contribution >= 4 is 50.3 Å². The first-order valence-corrected chi connectivity index (χ1v) is 11.1. The average molecular weight is 499 g/mol. The largest absolute Gasteiger partial charge is 0.497 e. The van der Waals surface area contributed by atoms with Crippen LogP contribution in [-0.4, -0.2) is 38.5 Å². The Morgan fingerprint density at radius 2 is 1.94 bits per heavy atom. The van der Waals surface area contributed by atoms with Crippen LogP contribution >= 0.6 is 27.7 Å². The van der Waals surface area contributed by atoms with E-state index in [-0.39, 0.29) is 17.1 Å². The van der Waals surface area contributed by atoms with Gasteiger partial charge in [0.15, 0.2) is 10.8 Å². The molecule has 0 aliphatic carbocycles. The van der Waals surface area contributed by atoms with Crippen LogP contribution in [0.15, 0.2) is 58.2 Å². The number of aryl methyl sites for hydroxylation is 1. The number of halogens is 1. The minimum Gasteiger partial charge on any atom is -0.497 e. The van der Waals surface area contributed by atoms with Gasteiger partial charge in [-0.15, -0.1) is 0 Å². The highest BCUT2D eigenvalue weighted by Crippen LogP contribution is 2.23. The lowest BCUT2D eigenvalue weighted by atomic mass is 10.2. The van der Waals surface area contributed by atoms with E-state index in [1.807, 2.05) is 55.5 Å². The number of methoxy groups -OCH3 is 1. The fourth-order valence-electron chi connectivity index (χ4n) is 3.06. The van der Waals surface area contributed by atoms with Gasteiger partial charge in [-0.25, -0.2) is 4.98 Å². The summed E-state index contributed by atoms with van der Waals surface area (Å²) in [5, 5.41) is 19.9. The van der Waals surface area contributed by atoms with Gasteiger partial charge in [-0.1, -0.05) is 27.7 Å². The van der Waals surface area contributed by atoms with Crippen LogP contribution in [0.1, 0.15) is 5.69 Å². The number of rotatable bonds is 6. The highest BCUT2D eigenvalue weighted by Gasteiger charge is 2.16. The molecule has 0 radical (unpaired) electrons. The van der Waals surface area contributed by atoms with E-state index in [0.29, 0.717) is 27.6 Å². The van der Waals surface area contributed by atoms with Crippen molar-refractivity contribution in [2.45, 2.75) is 12.1 Å². The molecule has 2 heterocycles. The molecule has 158 valence electrons. The van der Waals surface area contributed by atoms with Crippen LogP contribution in [0.5, 0.6) is 5.75 Å². The molecule has 0 bridgehead atoms. The Morgan fingerprint density at radius 3 is 2.61 bits per heavy atom. The summed E-state index contributed by atoms with van der Waals surface area (Å²) in [6.45, 7) is 1.85. The van der Waals surface area contributed by atoms with Gasteiger partial charge in [0.2, 0.25) is 5.91 Å². The van der Waals surface area contributed by atoms with Gasteiger partial charge in [0, 0.05) is 21.5 Å². The van der Waals surface area contributed by atoms with E-state index in [1.165, 1.54) is 11.8 Å². The molecule has 3 N–H and O–H groups in total. The number of thioether (sulfide) groups is 1. The molecule has 4 aromatic rings. The van der Waals surface area contributed by atoms with Gasteiger partial charge in [0.1, 0.15) is 11.2 Å². The number of hydrogen-bond donors (Lipinski definition) is 3. The number of hydrogen-bond acceptors (Lipinski definition) is 6. The number of H-pyrrole nitrogens is 1. The topological polar surface area (TPSA) is 109 Å². The average Bonchev–Trinajstić information content (AvgIpc) is 3.15. The number of amides is 1. The number of benzene rings is 2. The van der Waals surface area contributed by atoms with Gasteiger partial charge >= 0.3 is 0 Å². The maximum Gasteiger partial charge on any atom is 0.234 e. The van der Waals surface area contributed by atoms with Crippen LogP contribution in [0.3, 0.4) is 0 Å². The first-order valence-electron chi connectivity index (χ1n) is 9.31. The number of nitrogens with zero attached hydrogens (tertiary/aromatic N) is 3. The molecule has 8 nitrogen and oxygen atoms in total. The minimum absolute atomic E-state index is 0.133. The van der Waals surface area contributed by atoms with Gasteiger partial charge in [-0.3, -0.25) is 19.9 Å². The molecule has 1 amide bonds. The third-order valence-corrected chi connectivity index (χ3v) is 6.04. The molecule has 0 atom stereocenters. The molecule has 2 aromatic carbocycles. The second-order valence-electron chi connectivity index (χ2n) is 6.67. The zero-order valence-electron chi connectivity index (χ0n) is 16.8. The van der Waals surface area contributed by atoms with Crippen LogP contribution in [0.4, 0.5) is 5.69 Å². The molecular weight excluding hydrogens is 480 g/mol. The molecule has 0 spiro atoms. The van der Waals surface area contributed by atoms with Crippen molar-refractivity contribution in [3.05, 3.63) is 64.2 Å². The monoisotopic (exact) mass is 498 g/mol. The summed E-state index contributed by atoms with van der Waals surface area (Å²) in [6.07, 6.45) is 0. The number of ether oxygens (including phenoxy) is 1. The summed E-state index contributed by atoms with van der Waals surface area (Å²) in [4.78, 5) is 17.1. The number of anilines is 1. The molecule has 4 rings (SSSR count). The zero-order chi connectivity index (χ0) is 22.0. The molecule has 0 fully saturated rings. The summed E-state index contributed by atoms with van der Waals surface area (Å²) in [6, 6.07) is 14.7. The summed E-state index contributed by atoms with van der Waals surface area (Å²) in [5.74, 6) is 0.681. The lowest BCUT2D eigenvalue weighted by Gasteiger charge is -2.14. The highest BCUT2D eigenvalue weighted by molar-refractivity contribution is 9.10. The van der Waals surface area contributed by atoms with E-state index in [1.54, 1.807) is 11.7 Å². The summed E-state index contributed by atoms with van der Waals surface area (Å²) < 4.78 is 7.89. The first-order chi connectivity index (χ1) is 15.0. The van der Waals surface area contributed by atoms with E-state index < -0.39 is 0 Å². The van der Waals surface area contributed by atoms with Crippen molar-refractivity contribution in [2.75, 3.05) is 18.2 Å². The Bertz CT molecular complexity index is 1300. The van der Waals surface area contributed by atoms with E-state index >= 15 is 0 Å². The molecule has 10 heteroatoms. The molecule has 0 aliphatic rings. The predicted octanol–water partition coefficient (Wildman–Crippen LogP) is 4.04. The number of fused-ring (bicyclic) bond motifs is 1. The smallest absolute Gasteiger partial charge is 0.234 e. The predicted molar refractivity (Wildman–Crippen MR) is 124 cm³/mol.